The summed E-state index contributed by atoms with van der Waals surface area (Å²) in [6.45, 7) is 7.10. The van der Waals surface area contributed by atoms with Gasteiger partial charge in [-0.3, -0.25) is 14.9 Å². The van der Waals surface area contributed by atoms with Crippen molar-refractivity contribution in [3.05, 3.63) is 55.5 Å². The maximum Gasteiger partial charge on any atom is 0.357 e. The van der Waals surface area contributed by atoms with E-state index < -0.39 is 10.9 Å². The Morgan fingerprint density at radius 2 is 2.03 bits per heavy atom. The molecule has 10 heteroatoms. The Morgan fingerprint density at radius 1 is 1.27 bits per heavy atom. The summed E-state index contributed by atoms with van der Waals surface area (Å²) in [5.74, 6) is -0.856. The minimum Gasteiger partial charge on any atom is -0.461 e. The molecule has 1 aromatic carbocycles. The normalized spacial score (nSPS) is 10.6. The topological polar surface area (TPSA) is 112 Å². The number of benzene rings is 1. The number of nitro groups is 1. The highest BCUT2D eigenvalue weighted by atomic mass is 32.1. The summed E-state index contributed by atoms with van der Waals surface area (Å²) in [5, 5.41) is 13.4. The standard InChI is InChI=1S/C20H25N3O6S/c1-4-28-10-6-9-22(12-18-21-16(13-30-18)20(25)29-5-2)19(24)15-8-7-14(3)17(11-15)23(26)27/h7-8,11,13H,4-6,9-10,12H2,1-3H3. The van der Waals surface area contributed by atoms with Gasteiger partial charge in [0.2, 0.25) is 0 Å². The average molecular weight is 436 g/mol. The van der Waals surface area contributed by atoms with Crippen molar-refractivity contribution >= 4 is 28.9 Å². The molecular weight excluding hydrogens is 410 g/mol. The molecule has 1 amide bonds. The van der Waals surface area contributed by atoms with Gasteiger partial charge in [-0.15, -0.1) is 11.3 Å². The van der Waals surface area contributed by atoms with Crippen LogP contribution in [0.1, 0.15) is 51.7 Å². The molecule has 1 aromatic heterocycles. The van der Waals surface area contributed by atoms with Gasteiger partial charge in [0.05, 0.1) is 18.1 Å². The second kappa shape index (κ2) is 11.4. The number of nitro benzene ring substituents is 1. The lowest BCUT2D eigenvalue weighted by Crippen LogP contribution is -2.32. The number of hydrogen-bond acceptors (Lipinski definition) is 8. The molecule has 0 fully saturated rings. The summed E-state index contributed by atoms with van der Waals surface area (Å²) >= 11 is 1.25. The first-order valence-electron chi connectivity index (χ1n) is 9.60. The first-order valence-corrected chi connectivity index (χ1v) is 10.5. The molecule has 9 nitrogen and oxygen atoms in total. The third kappa shape index (κ3) is 6.33. The Kier molecular flexibility index (Phi) is 8.88. The molecule has 30 heavy (non-hydrogen) atoms. The second-order valence-electron chi connectivity index (χ2n) is 6.38. The average Bonchev–Trinajstić information content (AvgIpc) is 3.19. The van der Waals surface area contributed by atoms with E-state index in [4.69, 9.17) is 9.47 Å². The summed E-state index contributed by atoms with van der Waals surface area (Å²) in [5.41, 5.74) is 0.808. The molecule has 0 saturated carbocycles. The van der Waals surface area contributed by atoms with E-state index in [1.165, 1.54) is 17.4 Å². The predicted octanol–water partition coefficient (Wildman–Crippen LogP) is 3.61. The SMILES string of the molecule is CCOCCCN(Cc1nc(C(=O)OCC)cs1)C(=O)c1ccc(C)c([N+](=O)[O-])c1. The van der Waals surface area contributed by atoms with E-state index in [1.807, 2.05) is 6.92 Å². The number of rotatable bonds is 11. The van der Waals surface area contributed by atoms with E-state index in [-0.39, 0.29) is 36.0 Å². The second-order valence-corrected chi connectivity index (χ2v) is 7.33. The first kappa shape index (κ1) is 23.4. The van der Waals surface area contributed by atoms with Gasteiger partial charge in [-0.25, -0.2) is 9.78 Å². The van der Waals surface area contributed by atoms with Crippen LogP contribution in [0.4, 0.5) is 5.69 Å². The molecule has 0 N–H and O–H groups in total. The van der Waals surface area contributed by atoms with Crippen molar-refractivity contribution in [3.63, 3.8) is 0 Å². The van der Waals surface area contributed by atoms with Crippen LogP contribution in [-0.2, 0) is 16.0 Å². The highest BCUT2D eigenvalue weighted by Gasteiger charge is 2.22. The fourth-order valence-electron chi connectivity index (χ4n) is 2.72. The number of esters is 1. The predicted molar refractivity (Wildman–Crippen MR) is 112 cm³/mol. The number of thiazole rings is 1. The summed E-state index contributed by atoms with van der Waals surface area (Å²) in [6, 6.07) is 4.43. The zero-order valence-electron chi connectivity index (χ0n) is 17.3. The fraction of sp³-hybridized carbons (Fsp3) is 0.450. The van der Waals surface area contributed by atoms with Crippen LogP contribution in [0.25, 0.3) is 0 Å². The Hall–Kier alpha value is -2.85. The quantitative estimate of drug-likeness (QED) is 0.229. The number of aryl methyl sites for hydroxylation is 1. The molecule has 0 unspecified atom stereocenters. The lowest BCUT2D eigenvalue weighted by Gasteiger charge is -2.22. The van der Waals surface area contributed by atoms with Gasteiger partial charge in [-0.2, -0.15) is 0 Å². The smallest absolute Gasteiger partial charge is 0.357 e. The van der Waals surface area contributed by atoms with Crippen LogP contribution in [0.2, 0.25) is 0 Å². The maximum atomic E-state index is 13.1. The molecule has 0 aliphatic rings. The van der Waals surface area contributed by atoms with E-state index in [9.17, 15) is 19.7 Å². The molecule has 0 radical (unpaired) electrons. The van der Waals surface area contributed by atoms with E-state index >= 15 is 0 Å². The third-order valence-electron chi connectivity index (χ3n) is 4.22. The summed E-state index contributed by atoms with van der Waals surface area (Å²) in [4.78, 5) is 41.5. The minimum atomic E-state index is -0.511. The molecule has 0 spiro atoms. The van der Waals surface area contributed by atoms with Crippen molar-refractivity contribution in [2.24, 2.45) is 0 Å². The Morgan fingerprint density at radius 3 is 2.70 bits per heavy atom. The molecule has 0 aliphatic carbocycles. The zero-order valence-corrected chi connectivity index (χ0v) is 18.1. The van der Waals surface area contributed by atoms with Crippen molar-refractivity contribution in [2.45, 2.75) is 33.7 Å². The van der Waals surface area contributed by atoms with Gasteiger partial charge in [0.25, 0.3) is 11.6 Å². The van der Waals surface area contributed by atoms with E-state index in [2.05, 4.69) is 4.98 Å². The lowest BCUT2D eigenvalue weighted by molar-refractivity contribution is -0.385. The highest BCUT2D eigenvalue weighted by Crippen LogP contribution is 2.22. The molecule has 0 saturated heterocycles. The molecule has 2 aromatic rings. The van der Waals surface area contributed by atoms with Crippen LogP contribution < -0.4 is 0 Å². The van der Waals surface area contributed by atoms with Gasteiger partial charge < -0.3 is 14.4 Å². The fourth-order valence-corrected chi connectivity index (χ4v) is 3.50. The van der Waals surface area contributed by atoms with Gasteiger partial charge in [0.15, 0.2) is 5.69 Å². The van der Waals surface area contributed by atoms with Crippen molar-refractivity contribution in [3.8, 4) is 0 Å². The van der Waals surface area contributed by atoms with Crippen molar-refractivity contribution in [1.82, 2.24) is 9.88 Å². The number of amides is 1. The van der Waals surface area contributed by atoms with E-state index in [0.717, 1.165) is 0 Å². The van der Waals surface area contributed by atoms with Crippen molar-refractivity contribution in [2.75, 3.05) is 26.4 Å². The van der Waals surface area contributed by atoms with Crippen LogP contribution in [0.15, 0.2) is 23.6 Å². The number of nitrogens with zero attached hydrogens (tertiary/aromatic N) is 3. The molecule has 1 heterocycles. The third-order valence-corrected chi connectivity index (χ3v) is 5.06. The first-order chi connectivity index (χ1) is 14.4. The molecular formula is C20H25N3O6S. The Labute approximate surface area is 178 Å². The van der Waals surface area contributed by atoms with Gasteiger partial charge in [-0.05, 0) is 33.3 Å². The number of carbonyl (C=O) groups is 2. The van der Waals surface area contributed by atoms with Crippen LogP contribution in [0.5, 0.6) is 0 Å². The van der Waals surface area contributed by atoms with Gasteiger partial charge >= 0.3 is 5.97 Å². The molecule has 2 rings (SSSR count). The van der Waals surface area contributed by atoms with Crippen LogP contribution >= 0.6 is 11.3 Å². The minimum absolute atomic E-state index is 0.103. The van der Waals surface area contributed by atoms with Crippen LogP contribution in [0, 0.1) is 17.0 Å². The number of hydrogen-bond donors (Lipinski definition) is 0. The molecule has 162 valence electrons. The highest BCUT2D eigenvalue weighted by molar-refractivity contribution is 7.09. The van der Waals surface area contributed by atoms with E-state index in [0.29, 0.717) is 36.8 Å². The molecule has 0 atom stereocenters. The van der Waals surface area contributed by atoms with E-state index in [1.54, 1.807) is 36.3 Å². The van der Waals surface area contributed by atoms with Crippen LogP contribution in [-0.4, -0.2) is 53.0 Å². The maximum absolute atomic E-state index is 13.1. The summed E-state index contributed by atoms with van der Waals surface area (Å²) in [7, 11) is 0. The molecule has 0 bridgehead atoms. The lowest BCUT2D eigenvalue weighted by atomic mass is 10.1. The Balaban J connectivity index is 2.22. The number of aromatic nitrogens is 1. The van der Waals surface area contributed by atoms with Gasteiger partial charge in [-0.1, -0.05) is 6.07 Å². The van der Waals surface area contributed by atoms with Gasteiger partial charge in [0.1, 0.15) is 5.01 Å². The summed E-state index contributed by atoms with van der Waals surface area (Å²) < 4.78 is 10.3. The summed E-state index contributed by atoms with van der Waals surface area (Å²) in [6.07, 6.45) is 0.601. The Bertz CT molecular complexity index is 898. The van der Waals surface area contributed by atoms with Gasteiger partial charge in [0, 0.05) is 42.3 Å². The zero-order chi connectivity index (χ0) is 22.1. The largest absolute Gasteiger partial charge is 0.461 e. The van der Waals surface area contributed by atoms with Crippen LogP contribution in [0.3, 0.4) is 0 Å². The van der Waals surface area contributed by atoms with Crippen molar-refractivity contribution in [1.29, 1.82) is 0 Å². The number of ether oxygens (including phenoxy) is 2. The van der Waals surface area contributed by atoms with Crippen molar-refractivity contribution < 1.29 is 24.0 Å². The monoisotopic (exact) mass is 435 g/mol. The number of carbonyl (C=O) groups excluding carboxylic acids is 2. The molecule has 0 aliphatic heterocycles.